The lowest BCUT2D eigenvalue weighted by Gasteiger charge is -2.37. The number of allylic oxidation sites excluding steroid dienone is 4. The normalized spacial score (nSPS) is 17.7. The lowest BCUT2D eigenvalue weighted by molar-refractivity contribution is -0.118. The van der Waals surface area contributed by atoms with Crippen molar-refractivity contribution in [3.63, 3.8) is 0 Å². The summed E-state index contributed by atoms with van der Waals surface area (Å²) in [5.41, 5.74) is 5.91. The minimum atomic E-state index is -0.423. The number of amides is 1. The Morgan fingerprint density at radius 2 is 1.62 bits per heavy atom. The van der Waals surface area contributed by atoms with Gasteiger partial charge >= 0.3 is 0 Å². The van der Waals surface area contributed by atoms with E-state index < -0.39 is 5.92 Å². The molecular weight excluding hydrogens is 583 g/mol. The van der Waals surface area contributed by atoms with Crippen LogP contribution in [0.2, 0.25) is 0 Å². The zero-order valence-corrected chi connectivity index (χ0v) is 23.1. The van der Waals surface area contributed by atoms with Crippen molar-refractivity contribution in [2.45, 2.75) is 51.4 Å². The number of halogens is 1. The number of carbonyl (C=O) groups excluding carboxylic acids is 3. The van der Waals surface area contributed by atoms with Crippen LogP contribution in [-0.2, 0) is 14.4 Å². The third-order valence-corrected chi connectivity index (χ3v) is 7.86. The molecule has 1 heterocycles. The highest BCUT2D eigenvalue weighted by molar-refractivity contribution is 14.1. The molecule has 0 bridgehead atoms. The molecule has 0 saturated heterocycles. The molecule has 1 aliphatic heterocycles. The zero-order valence-electron chi connectivity index (χ0n) is 20.9. The second-order valence-electron chi connectivity index (χ2n) is 9.63. The van der Waals surface area contributed by atoms with E-state index in [-0.39, 0.29) is 24.1 Å². The second-order valence-corrected chi connectivity index (χ2v) is 10.8. The summed E-state index contributed by atoms with van der Waals surface area (Å²) in [6, 6.07) is 11.3. The van der Waals surface area contributed by atoms with Crippen molar-refractivity contribution in [3.8, 4) is 11.5 Å². The monoisotopic (exact) mass is 612 g/mol. The highest BCUT2D eigenvalue weighted by Gasteiger charge is 2.40. The number of ketones is 2. The Morgan fingerprint density at radius 1 is 1.00 bits per heavy atom. The fourth-order valence-corrected chi connectivity index (χ4v) is 6.12. The first-order valence-electron chi connectivity index (χ1n) is 12.5. The van der Waals surface area contributed by atoms with Gasteiger partial charge in [-0.05, 0) is 85.0 Å². The van der Waals surface area contributed by atoms with Crippen LogP contribution in [-0.4, -0.2) is 31.2 Å². The van der Waals surface area contributed by atoms with Crippen LogP contribution >= 0.6 is 22.6 Å². The average molecular weight is 612 g/mol. The maximum atomic E-state index is 13.1. The van der Waals surface area contributed by atoms with Gasteiger partial charge in [-0.1, -0.05) is 17.7 Å². The van der Waals surface area contributed by atoms with Gasteiger partial charge in [0.2, 0.25) is 0 Å². The predicted octanol–water partition coefficient (Wildman–Crippen LogP) is 5.33. The molecule has 0 unspecified atom stereocenters. The Labute approximate surface area is 229 Å². The Morgan fingerprint density at radius 3 is 2.22 bits per heavy atom. The fourth-order valence-electron chi connectivity index (χ4n) is 5.33. The first kappa shape index (κ1) is 25.5. The van der Waals surface area contributed by atoms with Gasteiger partial charge in [0.15, 0.2) is 29.7 Å². The lowest BCUT2D eigenvalue weighted by Crippen LogP contribution is -2.36. The van der Waals surface area contributed by atoms with Crippen LogP contribution in [0.5, 0.6) is 11.5 Å². The number of methoxy groups -OCH3 is 1. The van der Waals surface area contributed by atoms with Crippen molar-refractivity contribution in [1.29, 1.82) is 0 Å². The van der Waals surface area contributed by atoms with E-state index in [9.17, 15) is 14.4 Å². The van der Waals surface area contributed by atoms with E-state index in [1.807, 2.05) is 43.3 Å². The van der Waals surface area contributed by atoms with Crippen LogP contribution < -0.4 is 20.1 Å². The molecule has 0 fully saturated rings. The quantitative estimate of drug-likeness (QED) is 0.429. The standard InChI is InChI=1S/C29H29IN2O5/c1-16-9-11-18(12-10-16)31-25(35)15-37-29-19(30)13-17(14-24(29)36-2)26-27-20(5-3-7-22(27)33)32-21-6-4-8-23(34)28(21)26/h9-14,26,32H,3-8,15H2,1-2H3,(H,31,35). The molecule has 0 spiro atoms. The molecule has 192 valence electrons. The molecule has 8 heteroatoms. The Balaban J connectivity index is 1.45. The van der Waals surface area contributed by atoms with E-state index in [1.54, 1.807) is 7.11 Å². The number of rotatable bonds is 6. The van der Waals surface area contributed by atoms with Crippen molar-refractivity contribution in [2.75, 3.05) is 19.0 Å². The number of hydrogen-bond donors (Lipinski definition) is 2. The number of benzene rings is 2. The minimum Gasteiger partial charge on any atom is -0.493 e. The molecule has 2 aromatic rings. The molecule has 2 aliphatic carbocycles. The van der Waals surface area contributed by atoms with Gasteiger partial charge in [-0.25, -0.2) is 0 Å². The predicted molar refractivity (Wildman–Crippen MR) is 149 cm³/mol. The Kier molecular flexibility index (Phi) is 7.37. The summed E-state index contributed by atoms with van der Waals surface area (Å²) in [6.07, 6.45) is 4.19. The molecule has 2 aromatic carbocycles. The third kappa shape index (κ3) is 5.16. The van der Waals surface area contributed by atoms with E-state index in [0.29, 0.717) is 41.2 Å². The van der Waals surface area contributed by atoms with Crippen LogP contribution in [0, 0.1) is 10.5 Å². The van der Waals surface area contributed by atoms with Gasteiger partial charge < -0.3 is 20.1 Å². The van der Waals surface area contributed by atoms with Crippen molar-refractivity contribution in [3.05, 3.63) is 73.6 Å². The van der Waals surface area contributed by atoms with Crippen LogP contribution in [0.3, 0.4) is 0 Å². The molecule has 0 atom stereocenters. The topological polar surface area (TPSA) is 93.7 Å². The lowest BCUT2D eigenvalue weighted by atomic mass is 9.71. The molecule has 0 saturated carbocycles. The summed E-state index contributed by atoms with van der Waals surface area (Å²) < 4.78 is 12.3. The van der Waals surface area contributed by atoms with E-state index in [4.69, 9.17) is 9.47 Å². The smallest absolute Gasteiger partial charge is 0.262 e. The fraction of sp³-hybridized carbons (Fsp3) is 0.345. The molecule has 37 heavy (non-hydrogen) atoms. The first-order valence-corrected chi connectivity index (χ1v) is 13.6. The average Bonchev–Trinajstić information content (AvgIpc) is 2.88. The van der Waals surface area contributed by atoms with E-state index in [2.05, 4.69) is 33.2 Å². The summed E-state index contributed by atoms with van der Waals surface area (Å²) in [7, 11) is 1.55. The largest absolute Gasteiger partial charge is 0.493 e. The summed E-state index contributed by atoms with van der Waals surface area (Å²) in [5.74, 6) is 0.381. The van der Waals surface area contributed by atoms with Crippen LogP contribution in [0.15, 0.2) is 58.9 Å². The highest BCUT2D eigenvalue weighted by atomic mass is 127. The summed E-state index contributed by atoms with van der Waals surface area (Å²) in [4.78, 5) is 38.7. The molecule has 7 nitrogen and oxygen atoms in total. The van der Waals surface area contributed by atoms with Crippen molar-refractivity contribution >= 4 is 45.8 Å². The number of ether oxygens (including phenoxy) is 2. The molecule has 0 aromatic heterocycles. The zero-order chi connectivity index (χ0) is 26.1. The van der Waals surface area contributed by atoms with E-state index >= 15 is 0 Å². The van der Waals surface area contributed by atoms with Gasteiger partial charge in [-0.15, -0.1) is 0 Å². The number of hydrogen-bond acceptors (Lipinski definition) is 6. The Hall–Kier alpha value is -3.14. The summed E-state index contributed by atoms with van der Waals surface area (Å²) >= 11 is 2.16. The van der Waals surface area contributed by atoms with Crippen molar-refractivity contribution in [2.24, 2.45) is 0 Å². The van der Waals surface area contributed by atoms with E-state index in [1.165, 1.54) is 0 Å². The van der Waals surface area contributed by atoms with Crippen LogP contribution in [0.1, 0.15) is 55.6 Å². The molecular formula is C29H29IN2O5. The first-order chi connectivity index (χ1) is 17.9. The van der Waals surface area contributed by atoms with Gasteiger partial charge in [0.1, 0.15) is 0 Å². The van der Waals surface area contributed by atoms with Gasteiger partial charge in [0, 0.05) is 47.0 Å². The summed E-state index contributed by atoms with van der Waals surface area (Å²) in [5, 5.41) is 6.27. The maximum Gasteiger partial charge on any atom is 0.262 e. The SMILES string of the molecule is COc1cc(C2C3=C(CCCC3=O)NC3=C2C(=O)CCC3)cc(I)c1OCC(=O)Nc1ccc(C)cc1. The van der Waals surface area contributed by atoms with Crippen LogP contribution in [0.25, 0.3) is 0 Å². The molecule has 0 radical (unpaired) electrons. The van der Waals surface area contributed by atoms with E-state index in [0.717, 1.165) is 51.8 Å². The number of nitrogens with one attached hydrogen (secondary N) is 2. The number of carbonyl (C=O) groups is 3. The number of aryl methyl sites for hydroxylation is 1. The van der Waals surface area contributed by atoms with Crippen LogP contribution in [0.4, 0.5) is 5.69 Å². The highest BCUT2D eigenvalue weighted by Crippen LogP contribution is 2.47. The van der Waals surface area contributed by atoms with Gasteiger partial charge in [-0.3, -0.25) is 14.4 Å². The van der Waals surface area contributed by atoms with Gasteiger partial charge in [0.05, 0.1) is 10.7 Å². The minimum absolute atomic E-state index is 0.0887. The Bertz CT molecular complexity index is 1300. The molecule has 2 N–H and O–H groups in total. The van der Waals surface area contributed by atoms with Crippen molar-refractivity contribution < 1.29 is 23.9 Å². The van der Waals surface area contributed by atoms with Crippen molar-refractivity contribution in [1.82, 2.24) is 5.32 Å². The molecule has 5 rings (SSSR count). The number of Topliss-reactive ketones (excluding diaryl/α,β-unsaturated/α-hetero) is 2. The second kappa shape index (κ2) is 10.7. The third-order valence-electron chi connectivity index (χ3n) is 7.06. The number of anilines is 1. The number of dihydropyridines is 1. The van der Waals surface area contributed by atoms with Gasteiger partial charge in [-0.2, -0.15) is 0 Å². The van der Waals surface area contributed by atoms with Gasteiger partial charge in [0.25, 0.3) is 5.91 Å². The summed E-state index contributed by atoms with van der Waals surface area (Å²) in [6.45, 7) is 1.80. The maximum absolute atomic E-state index is 13.1. The molecule has 3 aliphatic rings. The molecule has 1 amide bonds.